The Balaban J connectivity index is 1.54. The summed E-state index contributed by atoms with van der Waals surface area (Å²) in [5, 5.41) is 2.89. The maximum absolute atomic E-state index is 11.1. The molecule has 1 saturated carbocycles. The van der Waals surface area contributed by atoms with Gasteiger partial charge in [-0.1, -0.05) is 24.0 Å². The zero-order chi connectivity index (χ0) is 18.4. The molecule has 0 aliphatic heterocycles. The molecule has 0 bridgehead atoms. The van der Waals surface area contributed by atoms with Crippen LogP contribution in [0.3, 0.4) is 0 Å². The molecule has 1 aromatic carbocycles. The summed E-state index contributed by atoms with van der Waals surface area (Å²) >= 11 is 0. The van der Waals surface area contributed by atoms with E-state index in [9.17, 15) is 4.79 Å². The molecule has 4 nitrogen and oxygen atoms in total. The molecule has 1 aromatic heterocycles. The van der Waals surface area contributed by atoms with Crippen molar-refractivity contribution in [2.75, 3.05) is 6.61 Å². The topological polar surface area (TPSA) is 51.2 Å². The van der Waals surface area contributed by atoms with Crippen molar-refractivity contribution in [1.29, 1.82) is 0 Å². The Hall–Kier alpha value is -2.80. The number of benzene rings is 1. The predicted octanol–water partition coefficient (Wildman–Crippen LogP) is 3.34. The maximum atomic E-state index is 11.1. The molecule has 26 heavy (non-hydrogen) atoms. The lowest BCUT2D eigenvalue weighted by atomic mass is 10.1. The van der Waals surface area contributed by atoms with Crippen molar-refractivity contribution in [3.8, 4) is 17.7 Å². The Morgan fingerprint density at radius 3 is 2.50 bits per heavy atom. The molecule has 1 unspecified atom stereocenters. The highest BCUT2D eigenvalue weighted by molar-refractivity contribution is 5.73. The molecule has 3 rings (SSSR count). The average molecular weight is 348 g/mol. The van der Waals surface area contributed by atoms with E-state index < -0.39 is 0 Å². The predicted molar refractivity (Wildman–Crippen MR) is 102 cm³/mol. The van der Waals surface area contributed by atoms with E-state index in [1.807, 2.05) is 31.2 Å². The number of nitrogens with zero attached hydrogens (tertiary/aromatic N) is 1. The highest BCUT2D eigenvalue weighted by atomic mass is 16.5. The number of carbonyl (C=O) groups is 1. The third-order valence-electron chi connectivity index (χ3n) is 4.20. The average Bonchev–Trinajstić information content (AvgIpc) is 3.44. The van der Waals surface area contributed by atoms with E-state index in [4.69, 9.17) is 4.74 Å². The van der Waals surface area contributed by atoms with Gasteiger partial charge >= 0.3 is 0 Å². The highest BCUT2D eigenvalue weighted by Gasteiger charge is 2.21. The van der Waals surface area contributed by atoms with Crippen molar-refractivity contribution in [1.82, 2.24) is 10.3 Å². The summed E-state index contributed by atoms with van der Waals surface area (Å²) in [5.74, 6) is 7.67. The Bertz CT molecular complexity index is 797. The first-order valence-electron chi connectivity index (χ1n) is 9.05. The van der Waals surface area contributed by atoms with Gasteiger partial charge in [-0.3, -0.25) is 4.79 Å². The van der Waals surface area contributed by atoms with Crippen LogP contribution in [-0.2, 0) is 11.2 Å². The molecule has 1 atom stereocenters. The van der Waals surface area contributed by atoms with Gasteiger partial charge in [-0.15, -0.1) is 0 Å². The number of amides is 1. The number of hydrogen-bond donors (Lipinski definition) is 1. The number of carbonyl (C=O) groups excluding carboxylic acids is 1. The molecule has 1 amide bonds. The van der Waals surface area contributed by atoms with Crippen molar-refractivity contribution in [2.45, 2.75) is 39.2 Å². The Kier molecular flexibility index (Phi) is 5.91. The minimum atomic E-state index is -0.00226. The van der Waals surface area contributed by atoms with Crippen molar-refractivity contribution >= 4 is 5.91 Å². The number of aromatic nitrogens is 1. The minimum Gasteiger partial charge on any atom is -0.477 e. The molecular weight excluding hydrogens is 324 g/mol. The second kappa shape index (κ2) is 8.53. The van der Waals surface area contributed by atoms with Gasteiger partial charge in [0.05, 0.1) is 6.61 Å². The summed E-state index contributed by atoms with van der Waals surface area (Å²) in [6, 6.07) is 12.0. The molecule has 0 radical (unpaired) electrons. The van der Waals surface area contributed by atoms with Gasteiger partial charge in [0, 0.05) is 36.4 Å². The smallest absolute Gasteiger partial charge is 0.217 e. The van der Waals surface area contributed by atoms with Crippen molar-refractivity contribution in [3.05, 3.63) is 59.3 Å². The molecule has 134 valence electrons. The van der Waals surface area contributed by atoms with Crippen molar-refractivity contribution in [3.63, 3.8) is 0 Å². The van der Waals surface area contributed by atoms with Gasteiger partial charge in [0.15, 0.2) is 0 Å². The van der Waals surface area contributed by atoms with Gasteiger partial charge < -0.3 is 10.1 Å². The van der Waals surface area contributed by atoms with E-state index in [2.05, 4.69) is 34.3 Å². The fourth-order valence-corrected chi connectivity index (χ4v) is 2.65. The standard InChI is InChI=1S/C22H24N2O2/c1-16(24-17(2)25)13-19-6-3-18(4-7-19)5-8-20-11-12-22(23-14-20)26-15-21-9-10-21/h3-4,6-7,11-12,14,16,21H,9-10,13,15H2,1-2H3,(H,24,25). The Morgan fingerprint density at radius 1 is 1.19 bits per heavy atom. The summed E-state index contributed by atoms with van der Waals surface area (Å²) in [6.07, 6.45) is 5.10. The summed E-state index contributed by atoms with van der Waals surface area (Å²) in [7, 11) is 0. The van der Waals surface area contributed by atoms with E-state index in [1.54, 1.807) is 6.20 Å². The van der Waals surface area contributed by atoms with Crippen molar-refractivity contribution < 1.29 is 9.53 Å². The monoisotopic (exact) mass is 348 g/mol. The minimum absolute atomic E-state index is 0.00226. The van der Waals surface area contributed by atoms with Crippen LogP contribution in [0, 0.1) is 17.8 Å². The van der Waals surface area contributed by atoms with Gasteiger partial charge in [-0.2, -0.15) is 0 Å². The molecule has 1 N–H and O–H groups in total. The van der Waals surface area contributed by atoms with Crippen LogP contribution >= 0.6 is 0 Å². The Labute approximate surface area is 155 Å². The van der Waals surface area contributed by atoms with Gasteiger partial charge in [-0.05, 0) is 55.9 Å². The number of pyridine rings is 1. The van der Waals surface area contributed by atoms with Crippen LogP contribution in [-0.4, -0.2) is 23.5 Å². The van der Waals surface area contributed by atoms with Crippen molar-refractivity contribution in [2.24, 2.45) is 5.92 Å². The lowest BCUT2D eigenvalue weighted by Crippen LogP contribution is -2.31. The van der Waals surface area contributed by atoms with E-state index in [0.717, 1.165) is 30.1 Å². The lowest BCUT2D eigenvalue weighted by molar-refractivity contribution is -0.119. The zero-order valence-electron chi connectivity index (χ0n) is 15.3. The van der Waals surface area contributed by atoms with E-state index in [1.165, 1.54) is 25.3 Å². The van der Waals surface area contributed by atoms with Gasteiger partial charge in [0.25, 0.3) is 0 Å². The number of rotatable bonds is 6. The van der Waals surface area contributed by atoms with Crippen LogP contribution < -0.4 is 10.1 Å². The first-order valence-corrected chi connectivity index (χ1v) is 9.05. The first-order chi connectivity index (χ1) is 12.6. The molecule has 1 aliphatic carbocycles. The molecule has 1 aliphatic rings. The number of hydrogen-bond acceptors (Lipinski definition) is 3. The fraction of sp³-hybridized carbons (Fsp3) is 0.364. The fourth-order valence-electron chi connectivity index (χ4n) is 2.65. The molecule has 1 fully saturated rings. The highest BCUT2D eigenvalue weighted by Crippen LogP contribution is 2.29. The van der Waals surface area contributed by atoms with Crippen LogP contribution in [0.4, 0.5) is 0 Å². The Morgan fingerprint density at radius 2 is 1.88 bits per heavy atom. The van der Waals surface area contributed by atoms with Gasteiger partial charge in [0.2, 0.25) is 11.8 Å². The van der Waals surface area contributed by atoms with Crippen LogP contribution in [0.5, 0.6) is 5.88 Å². The molecule has 2 aromatic rings. The van der Waals surface area contributed by atoms with E-state index in [0.29, 0.717) is 5.88 Å². The molecule has 0 spiro atoms. The van der Waals surface area contributed by atoms with Crippen LogP contribution in [0.25, 0.3) is 0 Å². The lowest BCUT2D eigenvalue weighted by Gasteiger charge is -2.12. The third-order valence-corrected chi connectivity index (χ3v) is 4.20. The normalized spacial score (nSPS) is 14.1. The second-order valence-corrected chi connectivity index (χ2v) is 6.89. The van der Waals surface area contributed by atoms with E-state index in [-0.39, 0.29) is 11.9 Å². The SMILES string of the molecule is CC(=O)NC(C)Cc1ccc(C#Cc2ccc(OCC3CC3)nc2)cc1. The molecular formula is C22H24N2O2. The molecule has 4 heteroatoms. The largest absolute Gasteiger partial charge is 0.477 e. The second-order valence-electron chi connectivity index (χ2n) is 6.89. The summed E-state index contributed by atoms with van der Waals surface area (Å²) in [5.41, 5.74) is 3.00. The number of nitrogens with one attached hydrogen (secondary N) is 1. The summed E-state index contributed by atoms with van der Waals surface area (Å²) in [6.45, 7) is 4.31. The maximum Gasteiger partial charge on any atom is 0.217 e. The third kappa shape index (κ3) is 5.93. The van der Waals surface area contributed by atoms with Crippen LogP contribution in [0.1, 0.15) is 43.4 Å². The summed E-state index contributed by atoms with van der Waals surface area (Å²) < 4.78 is 5.63. The van der Waals surface area contributed by atoms with E-state index >= 15 is 0 Å². The van der Waals surface area contributed by atoms with Crippen LogP contribution in [0.15, 0.2) is 42.6 Å². The van der Waals surface area contributed by atoms with Gasteiger partial charge in [0.1, 0.15) is 0 Å². The van der Waals surface area contributed by atoms with Crippen LogP contribution in [0.2, 0.25) is 0 Å². The molecule has 0 saturated heterocycles. The number of ether oxygens (including phenoxy) is 1. The summed E-state index contributed by atoms with van der Waals surface area (Å²) in [4.78, 5) is 15.4. The molecule has 1 heterocycles. The van der Waals surface area contributed by atoms with Gasteiger partial charge in [-0.25, -0.2) is 4.98 Å². The quantitative estimate of drug-likeness (QED) is 0.815. The first kappa shape index (κ1) is 18.0. The zero-order valence-corrected chi connectivity index (χ0v) is 15.3.